The lowest BCUT2D eigenvalue weighted by Crippen LogP contribution is -2.21. The third-order valence-corrected chi connectivity index (χ3v) is 2.34. The first-order chi connectivity index (χ1) is 8.91. The van der Waals surface area contributed by atoms with Crippen LogP contribution in [0.5, 0.6) is 0 Å². The SMILES string of the molecule is OCCOCNCCCCCCNCOCCO. The Morgan fingerprint density at radius 2 is 1.11 bits per heavy atom. The Bertz CT molecular complexity index is 134. The Kier molecular flexibility index (Phi) is 16.5. The van der Waals surface area contributed by atoms with E-state index in [1.807, 2.05) is 0 Å². The summed E-state index contributed by atoms with van der Waals surface area (Å²) in [5, 5.41) is 23.3. The van der Waals surface area contributed by atoms with Crippen LogP contribution >= 0.6 is 0 Å². The molecule has 0 heterocycles. The summed E-state index contributed by atoms with van der Waals surface area (Å²) in [7, 11) is 0. The van der Waals surface area contributed by atoms with Crippen LogP contribution in [0, 0.1) is 0 Å². The molecule has 6 nitrogen and oxygen atoms in total. The molecule has 0 spiro atoms. The van der Waals surface area contributed by atoms with Gasteiger partial charge in [0.05, 0.1) is 39.9 Å². The minimum Gasteiger partial charge on any atom is -0.394 e. The Labute approximate surface area is 110 Å². The van der Waals surface area contributed by atoms with Crippen LogP contribution in [0.1, 0.15) is 25.7 Å². The molecule has 0 atom stereocenters. The number of rotatable bonds is 15. The van der Waals surface area contributed by atoms with Gasteiger partial charge in [-0.3, -0.25) is 10.6 Å². The molecule has 4 N–H and O–H groups in total. The highest BCUT2D eigenvalue weighted by molar-refractivity contribution is 4.48. The van der Waals surface area contributed by atoms with Crippen molar-refractivity contribution in [2.75, 3.05) is 53.0 Å². The lowest BCUT2D eigenvalue weighted by molar-refractivity contribution is 0.0793. The number of unbranched alkanes of at least 4 members (excludes halogenated alkanes) is 3. The highest BCUT2D eigenvalue weighted by atomic mass is 16.5. The summed E-state index contributed by atoms with van der Waals surface area (Å²) in [6.07, 6.45) is 4.69. The molecular formula is C12H28N2O4. The standard InChI is InChI=1S/C12H28N2O4/c15-7-9-17-11-13-5-3-1-2-4-6-14-12-18-10-8-16/h13-16H,1-12H2. The van der Waals surface area contributed by atoms with Crippen molar-refractivity contribution in [3.63, 3.8) is 0 Å². The average Bonchev–Trinajstić information content (AvgIpc) is 2.39. The largest absolute Gasteiger partial charge is 0.394 e. The van der Waals surface area contributed by atoms with Crippen molar-refractivity contribution < 1.29 is 19.7 Å². The number of hydrogen-bond acceptors (Lipinski definition) is 6. The molecule has 0 fully saturated rings. The molecule has 0 aliphatic heterocycles. The van der Waals surface area contributed by atoms with Crippen LogP contribution in [0.2, 0.25) is 0 Å². The molecule has 0 saturated heterocycles. The minimum absolute atomic E-state index is 0.0801. The fourth-order valence-electron chi connectivity index (χ4n) is 1.42. The van der Waals surface area contributed by atoms with Gasteiger partial charge in [-0.1, -0.05) is 12.8 Å². The molecule has 0 aromatic rings. The van der Waals surface area contributed by atoms with E-state index in [-0.39, 0.29) is 13.2 Å². The quantitative estimate of drug-likeness (QED) is 0.239. The maximum Gasteiger partial charge on any atom is 0.0966 e. The summed E-state index contributed by atoms with van der Waals surface area (Å²) in [5.74, 6) is 0. The Morgan fingerprint density at radius 1 is 0.667 bits per heavy atom. The molecular weight excluding hydrogens is 236 g/mol. The normalized spacial score (nSPS) is 11.0. The zero-order valence-electron chi connectivity index (χ0n) is 11.2. The van der Waals surface area contributed by atoms with Crippen molar-refractivity contribution in [2.24, 2.45) is 0 Å². The molecule has 0 amide bonds. The van der Waals surface area contributed by atoms with Gasteiger partial charge in [-0.05, 0) is 25.9 Å². The van der Waals surface area contributed by atoms with Crippen LogP contribution in [0.4, 0.5) is 0 Å². The monoisotopic (exact) mass is 264 g/mol. The van der Waals surface area contributed by atoms with Gasteiger partial charge in [0.25, 0.3) is 0 Å². The van der Waals surface area contributed by atoms with Crippen LogP contribution in [-0.4, -0.2) is 63.2 Å². The van der Waals surface area contributed by atoms with Gasteiger partial charge in [-0.25, -0.2) is 0 Å². The molecule has 6 heteroatoms. The molecule has 0 saturated carbocycles. The average molecular weight is 264 g/mol. The summed E-state index contributed by atoms with van der Waals surface area (Å²) in [6, 6.07) is 0. The summed E-state index contributed by atoms with van der Waals surface area (Å²) in [6.45, 7) is 3.91. The van der Waals surface area contributed by atoms with Crippen molar-refractivity contribution in [3.8, 4) is 0 Å². The molecule has 0 unspecified atom stereocenters. The summed E-state index contributed by atoms with van der Waals surface area (Å²) in [4.78, 5) is 0. The van der Waals surface area contributed by atoms with E-state index in [1.165, 1.54) is 12.8 Å². The number of ether oxygens (including phenoxy) is 2. The van der Waals surface area contributed by atoms with Gasteiger partial charge in [-0.15, -0.1) is 0 Å². The summed E-state index contributed by atoms with van der Waals surface area (Å²) >= 11 is 0. The fraction of sp³-hybridized carbons (Fsp3) is 1.00. The topological polar surface area (TPSA) is 83.0 Å². The van der Waals surface area contributed by atoms with Gasteiger partial charge < -0.3 is 19.7 Å². The van der Waals surface area contributed by atoms with Crippen LogP contribution < -0.4 is 10.6 Å². The van der Waals surface area contributed by atoms with E-state index >= 15 is 0 Å². The zero-order chi connectivity index (χ0) is 13.3. The molecule has 0 bridgehead atoms. The molecule has 0 radical (unpaired) electrons. The highest BCUT2D eigenvalue weighted by Crippen LogP contribution is 1.97. The number of nitrogens with one attached hydrogen (secondary N) is 2. The fourth-order valence-corrected chi connectivity index (χ4v) is 1.42. The van der Waals surface area contributed by atoms with Gasteiger partial charge in [0.15, 0.2) is 0 Å². The highest BCUT2D eigenvalue weighted by Gasteiger charge is 1.91. The predicted molar refractivity (Wildman–Crippen MR) is 70.3 cm³/mol. The summed E-state index contributed by atoms with van der Waals surface area (Å²) in [5.41, 5.74) is 0. The van der Waals surface area contributed by atoms with Crippen LogP contribution in [0.3, 0.4) is 0 Å². The Balaban J connectivity index is 2.86. The lowest BCUT2D eigenvalue weighted by atomic mass is 10.2. The maximum absolute atomic E-state index is 8.48. The zero-order valence-corrected chi connectivity index (χ0v) is 11.2. The number of aliphatic hydroxyl groups is 2. The van der Waals surface area contributed by atoms with E-state index in [2.05, 4.69) is 10.6 Å². The van der Waals surface area contributed by atoms with E-state index in [0.717, 1.165) is 25.9 Å². The first-order valence-corrected chi connectivity index (χ1v) is 6.70. The smallest absolute Gasteiger partial charge is 0.0966 e. The van der Waals surface area contributed by atoms with Crippen molar-refractivity contribution in [1.82, 2.24) is 10.6 Å². The third-order valence-electron chi connectivity index (χ3n) is 2.34. The van der Waals surface area contributed by atoms with E-state index in [0.29, 0.717) is 26.7 Å². The molecule has 0 aromatic carbocycles. The van der Waals surface area contributed by atoms with Gasteiger partial charge in [0, 0.05) is 0 Å². The number of aliphatic hydroxyl groups excluding tert-OH is 2. The second-order valence-corrected chi connectivity index (χ2v) is 3.97. The molecule has 110 valence electrons. The van der Waals surface area contributed by atoms with E-state index in [9.17, 15) is 0 Å². The van der Waals surface area contributed by atoms with Crippen LogP contribution in [-0.2, 0) is 9.47 Å². The molecule has 18 heavy (non-hydrogen) atoms. The Morgan fingerprint density at radius 3 is 1.50 bits per heavy atom. The van der Waals surface area contributed by atoms with E-state index in [4.69, 9.17) is 19.7 Å². The molecule has 0 aromatic heterocycles. The van der Waals surface area contributed by atoms with Crippen LogP contribution in [0.25, 0.3) is 0 Å². The van der Waals surface area contributed by atoms with Crippen LogP contribution in [0.15, 0.2) is 0 Å². The predicted octanol–water partition coefficient (Wildman–Crippen LogP) is -0.341. The lowest BCUT2D eigenvalue weighted by Gasteiger charge is -2.06. The van der Waals surface area contributed by atoms with Gasteiger partial charge >= 0.3 is 0 Å². The molecule has 0 rings (SSSR count). The van der Waals surface area contributed by atoms with Crippen molar-refractivity contribution in [1.29, 1.82) is 0 Å². The van der Waals surface area contributed by atoms with Gasteiger partial charge in [-0.2, -0.15) is 0 Å². The van der Waals surface area contributed by atoms with Crippen molar-refractivity contribution >= 4 is 0 Å². The van der Waals surface area contributed by atoms with E-state index < -0.39 is 0 Å². The third kappa shape index (κ3) is 15.8. The van der Waals surface area contributed by atoms with Crippen molar-refractivity contribution in [2.45, 2.75) is 25.7 Å². The number of hydrogen-bond donors (Lipinski definition) is 4. The first-order valence-electron chi connectivity index (χ1n) is 6.70. The second kappa shape index (κ2) is 16.8. The first kappa shape index (κ1) is 17.8. The molecule has 0 aliphatic carbocycles. The summed E-state index contributed by atoms with van der Waals surface area (Å²) < 4.78 is 10.1. The van der Waals surface area contributed by atoms with Crippen molar-refractivity contribution in [3.05, 3.63) is 0 Å². The second-order valence-electron chi connectivity index (χ2n) is 3.97. The van der Waals surface area contributed by atoms with Gasteiger partial charge in [0.2, 0.25) is 0 Å². The Hall–Kier alpha value is -0.240. The van der Waals surface area contributed by atoms with Gasteiger partial charge in [0.1, 0.15) is 0 Å². The van der Waals surface area contributed by atoms with E-state index in [1.54, 1.807) is 0 Å². The minimum atomic E-state index is 0.0801. The molecule has 0 aliphatic rings. The maximum atomic E-state index is 8.48.